The van der Waals surface area contributed by atoms with Crippen molar-refractivity contribution in [1.29, 1.82) is 0 Å². The zero-order valence-electron chi connectivity index (χ0n) is 15.9. The summed E-state index contributed by atoms with van der Waals surface area (Å²) in [6, 6.07) is 8.03. The van der Waals surface area contributed by atoms with Gasteiger partial charge in [-0.2, -0.15) is 0 Å². The van der Waals surface area contributed by atoms with Crippen LogP contribution in [0.25, 0.3) is 0 Å². The Labute approximate surface area is 174 Å². The molecule has 26 heavy (non-hydrogen) atoms. The fourth-order valence-corrected chi connectivity index (χ4v) is 3.69. The number of benzene rings is 1. The molecule has 3 rings (SSSR count). The molecule has 2 N–H and O–H groups in total. The summed E-state index contributed by atoms with van der Waals surface area (Å²) in [6.45, 7) is 2.41. The second kappa shape index (κ2) is 10.3. The molecule has 0 aliphatic heterocycles. The molecule has 0 aromatic heterocycles. The summed E-state index contributed by atoms with van der Waals surface area (Å²) in [5.74, 6) is 2.64. The van der Waals surface area contributed by atoms with Crippen LogP contribution in [-0.2, 0) is 4.74 Å². The van der Waals surface area contributed by atoms with E-state index in [4.69, 9.17) is 9.47 Å². The van der Waals surface area contributed by atoms with Gasteiger partial charge in [0.15, 0.2) is 5.96 Å². The number of ether oxygens (including phenoxy) is 2. The van der Waals surface area contributed by atoms with E-state index in [0.717, 1.165) is 42.9 Å². The number of nitrogens with zero attached hydrogens (tertiary/aromatic N) is 1. The first-order valence-corrected chi connectivity index (χ1v) is 9.45. The van der Waals surface area contributed by atoms with Gasteiger partial charge in [0.05, 0.1) is 6.61 Å². The third kappa shape index (κ3) is 5.74. The molecule has 0 saturated heterocycles. The Bertz CT molecular complexity index is 586. The standard InChI is InChI=1S/C20H31N3O2.HI/c1-21-19(22-15-20(10-4-11-20)16-8-9-16)23-17-6-3-7-18(14-17)25-13-5-12-24-2;/h3,6-7,14,16H,4-5,8-13,15H2,1-2H3,(H2,21,22,23);1H. The molecular formula is C20H32IN3O2. The number of nitrogens with one attached hydrogen (secondary N) is 2. The second-order valence-electron chi connectivity index (χ2n) is 7.26. The lowest BCUT2D eigenvalue weighted by atomic mass is 9.65. The maximum atomic E-state index is 5.76. The van der Waals surface area contributed by atoms with Crippen LogP contribution in [-0.4, -0.2) is 39.9 Å². The number of anilines is 1. The Morgan fingerprint density at radius 2 is 2.08 bits per heavy atom. The van der Waals surface area contributed by atoms with Gasteiger partial charge in [0, 0.05) is 45.5 Å². The van der Waals surface area contributed by atoms with Gasteiger partial charge in [-0.25, -0.2) is 0 Å². The van der Waals surface area contributed by atoms with E-state index < -0.39 is 0 Å². The quantitative estimate of drug-likeness (QED) is 0.243. The van der Waals surface area contributed by atoms with E-state index in [1.807, 2.05) is 31.3 Å². The van der Waals surface area contributed by atoms with E-state index in [1.165, 1.54) is 32.1 Å². The molecule has 5 nitrogen and oxygen atoms in total. The van der Waals surface area contributed by atoms with Gasteiger partial charge in [0.1, 0.15) is 5.75 Å². The second-order valence-corrected chi connectivity index (χ2v) is 7.26. The Kier molecular flexibility index (Phi) is 8.47. The van der Waals surface area contributed by atoms with E-state index in [9.17, 15) is 0 Å². The van der Waals surface area contributed by atoms with E-state index >= 15 is 0 Å². The summed E-state index contributed by atoms with van der Waals surface area (Å²) in [6.07, 6.45) is 7.83. The molecule has 2 aliphatic rings. The van der Waals surface area contributed by atoms with E-state index in [1.54, 1.807) is 7.11 Å². The zero-order valence-corrected chi connectivity index (χ0v) is 18.3. The SMILES string of the molecule is CN=C(NCC1(C2CC2)CCC1)Nc1cccc(OCCCOC)c1.I. The Hall–Kier alpha value is -1.02. The molecule has 1 aromatic rings. The molecule has 2 saturated carbocycles. The van der Waals surface area contributed by atoms with E-state index in [2.05, 4.69) is 15.6 Å². The van der Waals surface area contributed by atoms with Gasteiger partial charge < -0.3 is 20.1 Å². The van der Waals surface area contributed by atoms with Crippen LogP contribution in [0.5, 0.6) is 5.75 Å². The zero-order chi connectivity index (χ0) is 17.5. The maximum Gasteiger partial charge on any atom is 0.195 e. The highest BCUT2D eigenvalue weighted by atomic mass is 127. The number of hydrogen-bond acceptors (Lipinski definition) is 3. The minimum Gasteiger partial charge on any atom is -0.493 e. The molecule has 0 amide bonds. The molecule has 6 heteroatoms. The van der Waals surface area contributed by atoms with Crippen LogP contribution in [0.2, 0.25) is 0 Å². The Balaban J connectivity index is 0.00000243. The first-order valence-electron chi connectivity index (χ1n) is 9.45. The highest BCUT2D eigenvalue weighted by molar-refractivity contribution is 14.0. The number of methoxy groups -OCH3 is 1. The molecule has 146 valence electrons. The number of halogens is 1. The topological polar surface area (TPSA) is 54.9 Å². The Morgan fingerprint density at radius 1 is 1.27 bits per heavy atom. The third-order valence-corrected chi connectivity index (χ3v) is 5.48. The monoisotopic (exact) mass is 473 g/mol. The molecule has 1 aromatic carbocycles. The van der Waals surface area contributed by atoms with Crippen molar-refractivity contribution in [2.75, 3.05) is 39.2 Å². The van der Waals surface area contributed by atoms with Crippen LogP contribution in [0.3, 0.4) is 0 Å². The van der Waals surface area contributed by atoms with Gasteiger partial charge in [-0.15, -0.1) is 24.0 Å². The molecule has 0 radical (unpaired) electrons. The maximum absolute atomic E-state index is 5.76. The average Bonchev–Trinajstić information content (AvgIpc) is 3.42. The molecule has 0 bridgehead atoms. The van der Waals surface area contributed by atoms with Crippen LogP contribution in [0.1, 0.15) is 38.5 Å². The van der Waals surface area contributed by atoms with Crippen LogP contribution < -0.4 is 15.4 Å². The van der Waals surface area contributed by atoms with Gasteiger partial charge in [-0.05, 0) is 49.1 Å². The highest BCUT2D eigenvalue weighted by Crippen LogP contribution is 2.56. The third-order valence-electron chi connectivity index (χ3n) is 5.48. The van der Waals surface area contributed by atoms with Crippen molar-refractivity contribution in [3.8, 4) is 5.75 Å². The summed E-state index contributed by atoms with van der Waals surface area (Å²) in [4.78, 5) is 4.38. The number of guanidine groups is 1. The van der Waals surface area contributed by atoms with Crippen molar-refractivity contribution in [2.45, 2.75) is 38.5 Å². The van der Waals surface area contributed by atoms with Crippen molar-refractivity contribution in [1.82, 2.24) is 5.32 Å². The largest absolute Gasteiger partial charge is 0.493 e. The summed E-state index contributed by atoms with van der Waals surface area (Å²) < 4.78 is 10.8. The van der Waals surface area contributed by atoms with Gasteiger partial charge in [-0.1, -0.05) is 12.5 Å². The first-order chi connectivity index (χ1) is 12.3. The summed E-state index contributed by atoms with van der Waals surface area (Å²) in [5.41, 5.74) is 1.52. The fraction of sp³-hybridized carbons (Fsp3) is 0.650. The lowest BCUT2D eigenvalue weighted by Crippen LogP contribution is -2.45. The molecule has 2 fully saturated rings. The van der Waals surface area contributed by atoms with Crippen molar-refractivity contribution < 1.29 is 9.47 Å². The summed E-state index contributed by atoms with van der Waals surface area (Å²) in [7, 11) is 3.53. The van der Waals surface area contributed by atoms with Crippen molar-refractivity contribution in [3.63, 3.8) is 0 Å². The van der Waals surface area contributed by atoms with Gasteiger partial charge in [0.2, 0.25) is 0 Å². The molecule has 0 unspecified atom stereocenters. The molecule has 0 atom stereocenters. The summed E-state index contributed by atoms with van der Waals surface area (Å²) in [5, 5.41) is 6.93. The van der Waals surface area contributed by atoms with Crippen LogP contribution >= 0.6 is 24.0 Å². The molecular weight excluding hydrogens is 441 g/mol. The van der Waals surface area contributed by atoms with Crippen molar-refractivity contribution >= 4 is 35.6 Å². The normalized spacial score (nSPS) is 18.5. The smallest absolute Gasteiger partial charge is 0.195 e. The molecule has 2 aliphatic carbocycles. The number of aliphatic imine (C=N–C) groups is 1. The van der Waals surface area contributed by atoms with Gasteiger partial charge in [0.25, 0.3) is 0 Å². The number of hydrogen-bond donors (Lipinski definition) is 2. The van der Waals surface area contributed by atoms with Gasteiger partial charge >= 0.3 is 0 Å². The van der Waals surface area contributed by atoms with Crippen molar-refractivity contribution in [3.05, 3.63) is 24.3 Å². The minimum absolute atomic E-state index is 0. The average molecular weight is 473 g/mol. The Morgan fingerprint density at radius 3 is 2.69 bits per heavy atom. The fourth-order valence-electron chi connectivity index (χ4n) is 3.69. The first kappa shape index (κ1) is 21.3. The van der Waals surface area contributed by atoms with Crippen LogP contribution in [0.4, 0.5) is 5.69 Å². The molecule has 0 heterocycles. The lowest BCUT2D eigenvalue weighted by Gasteiger charge is -2.43. The van der Waals surface area contributed by atoms with E-state index in [0.29, 0.717) is 12.0 Å². The lowest BCUT2D eigenvalue weighted by molar-refractivity contribution is 0.106. The minimum atomic E-state index is 0. The number of rotatable bonds is 9. The van der Waals surface area contributed by atoms with Crippen LogP contribution in [0, 0.1) is 11.3 Å². The van der Waals surface area contributed by atoms with Crippen molar-refractivity contribution in [2.24, 2.45) is 16.3 Å². The summed E-state index contributed by atoms with van der Waals surface area (Å²) >= 11 is 0. The predicted molar refractivity (Wildman–Crippen MR) is 118 cm³/mol. The van der Waals surface area contributed by atoms with Gasteiger partial charge in [-0.3, -0.25) is 4.99 Å². The predicted octanol–water partition coefficient (Wildman–Crippen LogP) is 4.29. The highest BCUT2D eigenvalue weighted by Gasteiger charge is 2.48. The van der Waals surface area contributed by atoms with E-state index in [-0.39, 0.29) is 24.0 Å². The van der Waals surface area contributed by atoms with Crippen LogP contribution in [0.15, 0.2) is 29.3 Å². The molecule has 0 spiro atoms.